The van der Waals surface area contributed by atoms with Crippen molar-refractivity contribution in [3.8, 4) is 5.75 Å². The van der Waals surface area contributed by atoms with Gasteiger partial charge in [-0.2, -0.15) is 0 Å². The fraction of sp³-hybridized carbons (Fsp3) is 0.440. The highest BCUT2D eigenvalue weighted by Gasteiger charge is 2.27. The van der Waals surface area contributed by atoms with E-state index >= 15 is 0 Å². The average Bonchev–Trinajstić information content (AvgIpc) is 3.08. The molecule has 4 rings (SSSR count). The first-order chi connectivity index (χ1) is 15.2. The fourth-order valence-corrected chi connectivity index (χ4v) is 4.65. The van der Waals surface area contributed by atoms with Crippen LogP contribution in [0.4, 0.5) is 11.4 Å². The smallest absolute Gasteiger partial charge is 0.238 e. The monoisotopic (exact) mass is 421 g/mol. The quantitative estimate of drug-likeness (QED) is 0.752. The molecule has 6 heteroatoms. The zero-order valence-corrected chi connectivity index (χ0v) is 18.2. The number of hydrogen-bond acceptors (Lipinski definition) is 4. The summed E-state index contributed by atoms with van der Waals surface area (Å²) in [4.78, 5) is 29.3. The Kier molecular flexibility index (Phi) is 6.87. The SMILES string of the molecule is COc1ccc(C2CCCCCN2CC(=O)Nc2ccccc2N2CCCC2=O)cc1. The molecule has 1 N–H and O–H groups in total. The van der Waals surface area contributed by atoms with Crippen molar-refractivity contribution in [1.29, 1.82) is 0 Å². The van der Waals surface area contributed by atoms with Gasteiger partial charge in [0.25, 0.3) is 0 Å². The van der Waals surface area contributed by atoms with Crippen molar-refractivity contribution in [1.82, 2.24) is 4.90 Å². The van der Waals surface area contributed by atoms with Crippen molar-refractivity contribution in [2.75, 3.05) is 37.0 Å². The summed E-state index contributed by atoms with van der Waals surface area (Å²) >= 11 is 0. The van der Waals surface area contributed by atoms with E-state index in [4.69, 9.17) is 4.74 Å². The van der Waals surface area contributed by atoms with E-state index in [1.807, 2.05) is 36.4 Å². The summed E-state index contributed by atoms with van der Waals surface area (Å²) in [5.74, 6) is 0.919. The van der Waals surface area contributed by atoms with Gasteiger partial charge in [-0.25, -0.2) is 0 Å². The predicted molar refractivity (Wildman–Crippen MR) is 122 cm³/mol. The Labute approximate surface area is 184 Å². The van der Waals surface area contributed by atoms with Crippen LogP contribution in [0.2, 0.25) is 0 Å². The van der Waals surface area contributed by atoms with Crippen molar-refractivity contribution in [3.63, 3.8) is 0 Å². The summed E-state index contributed by atoms with van der Waals surface area (Å²) in [6.07, 6.45) is 5.91. The topological polar surface area (TPSA) is 61.9 Å². The number of amides is 2. The van der Waals surface area contributed by atoms with E-state index in [2.05, 4.69) is 22.3 Å². The van der Waals surface area contributed by atoms with Crippen LogP contribution in [-0.4, -0.2) is 43.5 Å². The second-order valence-corrected chi connectivity index (χ2v) is 8.32. The number of likely N-dealkylation sites (tertiary alicyclic amines) is 1. The van der Waals surface area contributed by atoms with Gasteiger partial charge in [-0.1, -0.05) is 37.1 Å². The summed E-state index contributed by atoms with van der Waals surface area (Å²) in [5, 5.41) is 3.07. The van der Waals surface area contributed by atoms with Crippen LogP contribution in [-0.2, 0) is 9.59 Å². The third-order valence-corrected chi connectivity index (χ3v) is 6.25. The molecule has 6 nitrogen and oxygen atoms in total. The average molecular weight is 422 g/mol. The molecule has 2 aliphatic rings. The zero-order valence-electron chi connectivity index (χ0n) is 18.2. The number of carbonyl (C=O) groups is 2. The largest absolute Gasteiger partial charge is 0.497 e. The molecule has 1 unspecified atom stereocenters. The first-order valence-electron chi connectivity index (χ1n) is 11.2. The zero-order chi connectivity index (χ0) is 21.6. The van der Waals surface area contributed by atoms with Crippen LogP contribution in [0.1, 0.15) is 50.1 Å². The number of para-hydroxylation sites is 2. The standard InChI is InChI=1S/C25H31N3O3/c1-31-20-14-12-19(13-15-20)22-9-3-2-6-16-27(22)18-24(29)26-21-8-4-5-10-23(21)28-17-7-11-25(28)30/h4-5,8,10,12-15,22H,2-3,6-7,9,11,16-18H2,1H3,(H,26,29). The lowest BCUT2D eigenvalue weighted by atomic mass is 10.0. The molecule has 2 heterocycles. The van der Waals surface area contributed by atoms with E-state index in [1.54, 1.807) is 12.0 Å². The summed E-state index contributed by atoms with van der Waals surface area (Å²) in [6, 6.07) is 16.0. The van der Waals surface area contributed by atoms with Gasteiger partial charge in [-0.15, -0.1) is 0 Å². The Morgan fingerprint density at radius 3 is 2.58 bits per heavy atom. The summed E-state index contributed by atoms with van der Waals surface area (Å²) in [5.41, 5.74) is 2.72. The van der Waals surface area contributed by atoms with Crippen LogP contribution in [0.15, 0.2) is 48.5 Å². The van der Waals surface area contributed by atoms with Crippen LogP contribution < -0.4 is 15.0 Å². The molecule has 0 radical (unpaired) electrons. The molecule has 2 aromatic carbocycles. The summed E-state index contributed by atoms with van der Waals surface area (Å²) in [6.45, 7) is 1.94. The Morgan fingerprint density at radius 2 is 1.84 bits per heavy atom. The van der Waals surface area contributed by atoms with Crippen molar-refractivity contribution >= 4 is 23.2 Å². The lowest BCUT2D eigenvalue weighted by Gasteiger charge is -2.30. The lowest BCUT2D eigenvalue weighted by molar-refractivity contribution is -0.118. The Bertz CT molecular complexity index is 912. The third-order valence-electron chi connectivity index (χ3n) is 6.25. The highest BCUT2D eigenvalue weighted by Crippen LogP contribution is 2.32. The molecule has 0 aliphatic carbocycles. The second kappa shape index (κ2) is 9.96. The van der Waals surface area contributed by atoms with Crippen molar-refractivity contribution < 1.29 is 14.3 Å². The van der Waals surface area contributed by atoms with Gasteiger partial charge in [0, 0.05) is 19.0 Å². The van der Waals surface area contributed by atoms with Gasteiger partial charge >= 0.3 is 0 Å². The molecular weight excluding hydrogens is 390 g/mol. The van der Waals surface area contributed by atoms with Gasteiger partial charge in [-0.3, -0.25) is 14.5 Å². The van der Waals surface area contributed by atoms with Crippen LogP contribution >= 0.6 is 0 Å². The Hall–Kier alpha value is -2.86. The van der Waals surface area contributed by atoms with Gasteiger partial charge in [0.05, 0.1) is 25.0 Å². The molecule has 2 fully saturated rings. The van der Waals surface area contributed by atoms with Gasteiger partial charge < -0.3 is 15.0 Å². The van der Waals surface area contributed by atoms with Crippen LogP contribution in [0.25, 0.3) is 0 Å². The molecule has 0 saturated carbocycles. The molecule has 0 spiro atoms. The Balaban J connectivity index is 1.48. The summed E-state index contributed by atoms with van der Waals surface area (Å²) in [7, 11) is 1.67. The van der Waals surface area contributed by atoms with E-state index in [-0.39, 0.29) is 17.9 Å². The molecule has 164 valence electrons. The van der Waals surface area contributed by atoms with Crippen molar-refractivity contribution in [2.24, 2.45) is 0 Å². The van der Waals surface area contributed by atoms with E-state index in [0.717, 1.165) is 43.7 Å². The van der Waals surface area contributed by atoms with E-state index < -0.39 is 0 Å². The van der Waals surface area contributed by atoms with E-state index in [9.17, 15) is 9.59 Å². The first-order valence-corrected chi connectivity index (χ1v) is 11.2. The van der Waals surface area contributed by atoms with Gasteiger partial charge in [-0.05, 0) is 55.6 Å². The fourth-order valence-electron chi connectivity index (χ4n) is 4.65. The first kappa shape index (κ1) is 21.4. The van der Waals surface area contributed by atoms with Gasteiger partial charge in [0.1, 0.15) is 5.75 Å². The number of benzene rings is 2. The van der Waals surface area contributed by atoms with Crippen LogP contribution in [0.5, 0.6) is 5.75 Å². The minimum Gasteiger partial charge on any atom is -0.497 e. The minimum absolute atomic E-state index is 0.0421. The molecule has 2 amide bonds. The normalized spacial score (nSPS) is 19.8. The molecule has 31 heavy (non-hydrogen) atoms. The Morgan fingerprint density at radius 1 is 1.03 bits per heavy atom. The molecule has 2 aliphatic heterocycles. The molecule has 1 atom stereocenters. The van der Waals surface area contributed by atoms with Crippen LogP contribution in [0.3, 0.4) is 0 Å². The number of methoxy groups -OCH3 is 1. The highest BCUT2D eigenvalue weighted by atomic mass is 16.5. The number of rotatable bonds is 6. The highest BCUT2D eigenvalue weighted by molar-refractivity contribution is 6.02. The second-order valence-electron chi connectivity index (χ2n) is 8.32. The van der Waals surface area contributed by atoms with Crippen molar-refractivity contribution in [3.05, 3.63) is 54.1 Å². The van der Waals surface area contributed by atoms with Crippen molar-refractivity contribution in [2.45, 2.75) is 44.6 Å². The van der Waals surface area contributed by atoms with Crippen LogP contribution in [0, 0.1) is 0 Å². The molecule has 2 saturated heterocycles. The number of nitrogens with zero attached hydrogens (tertiary/aromatic N) is 2. The maximum Gasteiger partial charge on any atom is 0.238 e. The third kappa shape index (κ3) is 5.07. The molecular formula is C25H31N3O3. The number of hydrogen-bond donors (Lipinski definition) is 1. The van der Waals surface area contributed by atoms with Gasteiger partial charge in [0.15, 0.2) is 0 Å². The lowest BCUT2D eigenvalue weighted by Crippen LogP contribution is -2.36. The number of ether oxygens (including phenoxy) is 1. The molecule has 0 bridgehead atoms. The van der Waals surface area contributed by atoms with E-state index in [0.29, 0.717) is 25.2 Å². The number of anilines is 2. The van der Waals surface area contributed by atoms with Gasteiger partial charge in [0.2, 0.25) is 11.8 Å². The number of carbonyl (C=O) groups excluding carboxylic acids is 2. The number of nitrogens with one attached hydrogen (secondary N) is 1. The maximum atomic E-state index is 13.0. The van der Waals surface area contributed by atoms with E-state index in [1.165, 1.54) is 12.0 Å². The minimum atomic E-state index is -0.0421. The molecule has 0 aromatic heterocycles. The maximum absolute atomic E-state index is 13.0. The summed E-state index contributed by atoms with van der Waals surface area (Å²) < 4.78 is 5.29. The predicted octanol–water partition coefficient (Wildman–Crippen LogP) is 4.38. The molecule has 2 aromatic rings.